The van der Waals surface area contributed by atoms with E-state index in [2.05, 4.69) is 25.5 Å². The summed E-state index contributed by atoms with van der Waals surface area (Å²) in [6, 6.07) is 14.4. The normalized spacial score (nSPS) is 13.5. The van der Waals surface area contributed by atoms with Gasteiger partial charge in [0.2, 0.25) is 5.95 Å². The lowest BCUT2D eigenvalue weighted by molar-refractivity contribution is 0.0601. The van der Waals surface area contributed by atoms with Gasteiger partial charge in [-0.15, -0.1) is 0 Å². The highest BCUT2D eigenvalue weighted by molar-refractivity contribution is 5.90. The van der Waals surface area contributed by atoms with Crippen LogP contribution in [-0.2, 0) is 9.47 Å². The number of nitrogens with one attached hydrogen (secondary N) is 2. The standard InChI is InChI=1S/C22H22FN5O3/c1-30-21(29)15-5-4-6-16(13-15)25-20-17(23)14-24-22(27-20)26-18-7-2-3-8-19(18)28-9-11-31-12-10-28/h2-8,13-14H,9-12H2,1H3,(H2,24,25,26,27). The Labute approximate surface area is 179 Å². The van der Waals surface area contributed by atoms with Crippen molar-refractivity contribution < 1.29 is 18.7 Å². The van der Waals surface area contributed by atoms with Crippen molar-refractivity contribution in [2.75, 3.05) is 48.9 Å². The number of benzene rings is 2. The molecule has 8 nitrogen and oxygen atoms in total. The number of morpholine rings is 1. The Kier molecular flexibility index (Phi) is 6.23. The fourth-order valence-electron chi connectivity index (χ4n) is 3.27. The minimum atomic E-state index is -0.615. The van der Waals surface area contributed by atoms with Gasteiger partial charge in [-0.25, -0.2) is 14.2 Å². The van der Waals surface area contributed by atoms with Crippen LogP contribution in [0.3, 0.4) is 0 Å². The van der Waals surface area contributed by atoms with Crippen molar-refractivity contribution in [3.8, 4) is 0 Å². The zero-order chi connectivity index (χ0) is 21.6. The molecule has 31 heavy (non-hydrogen) atoms. The topological polar surface area (TPSA) is 88.6 Å². The highest BCUT2D eigenvalue weighted by atomic mass is 19.1. The molecule has 2 N–H and O–H groups in total. The molecule has 0 aliphatic carbocycles. The summed E-state index contributed by atoms with van der Waals surface area (Å²) in [7, 11) is 1.30. The molecular weight excluding hydrogens is 401 g/mol. The molecule has 1 aliphatic heterocycles. The van der Waals surface area contributed by atoms with Crippen molar-refractivity contribution in [3.63, 3.8) is 0 Å². The number of esters is 1. The van der Waals surface area contributed by atoms with E-state index in [0.717, 1.165) is 30.7 Å². The first-order chi connectivity index (χ1) is 15.1. The smallest absolute Gasteiger partial charge is 0.337 e. The maximum atomic E-state index is 14.4. The first kappa shape index (κ1) is 20.5. The second-order valence-electron chi connectivity index (χ2n) is 6.83. The Morgan fingerprint density at radius 3 is 2.74 bits per heavy atom. The number of aromatic nitrogens is 2. The summed E-state index contributed by atoms with van der Waals surface area (Å²) in [6.07, 6.45) is 1.10. The molecule has 2 aromatic carbocycles. The van der Waals surface area contributed by atoms with Crippen LogP contribution in [0.25, 0.3) is 0 Å². The van der Waals surface area contributed by atoms with Crippen LogP contribution in [0.1, 0.15) is 10.4 Å². The summed E-state index contributed by atoms with van der Waals surface area (Å²) in [5.74, 6) is -0.860. The van der Waals surface area contributed by atoms with Gasteiger partial charge in [-0.3, -0.25) is 0 Å². The molecule has 160 valence electrons. The third-order valence-electron chi connectivity index (χ3n) is 4.79. The molecule has 0 spiro atoms. The lowest BCUT2D eigenvalue weighted by atomic mass is 10.2. The number of carbonyl (C=O) groups is 1. The minimum absolute atomic E-state index is 0.0108. The van der Waals surface area contributed by atoms with Gasteiger partial charge in [-0.05, 0) is 30.3 Å². The molecule has 9 heteroatoms. The van der Waals surface area contributed by atoms with Gasteiger partial charge in [0, 0.05) is 18.8 Å². The van der Waals surface area contributed by atoms with Crippen LogP contribution in [0.2, 0.25) is 0 Å². The molecule has 0 saturated carbocycles. The van der Waals surface area contributed by atoms with Crippen LogP contribution in [0.5, 0.6) is 0 Å². The van der Waals surface area contributed by atoms with E-state index in [1.165, 1.54) is 7.11 Å². The number of nitrogens with zero attached hydrogens (tertiary/aromatic N) is 3. The quantitative estimate of drug-likeness (QED) is 0.580. The van der Waals surface area contributed by atoms with Crippen LogP contribution >= 0.6 is 0 Å². The monoisotopic (exact) mass is 423 g/mol. The van der Waals surface area contributed by atoms with Gasteiger partial charge in [-0.1, -0.05) is 18.2 Å². The number of para-hydroxylation sites is 2. The lowest BCUT2D eigenvalue weighted by Crippen LogP contribution is -2.36. The Bertz CT molecular complexity index is 1070. The van der Waals surface area contributed by atoms with Crippen LogP contribution < -0.4 is 15.5 Å². The molecule has 0 amide bonds. The highest BCUT2D eigenvalue weighted by Crippen LogP contribution is 2.29. The summed E-state index contributed by atoms with van der Waals surface area (Å²) in [4.78, 5) is 22.3. The van der Waals surface area contributed by atoms with E-state index in [0.29, 0.717) is 24.5 Å². The molecule has 4 rings (SSSR count). The van der Waals surface area contributed by atoms with E-state index in [1.807, 2.05) is 24.3 Å². The zero-order valence-corrected chi connectivity index (χ0v) is 17.0. The summed E-state index contributed by atoms with van der Waals surface area (Å²) in [5.41, 5.74) is 2.66. The molecule has 1 saturated heterocycles. The number of anilines is 5. The molecule has 0 bridgehead atoms. The van der Waals surface area contributed by atoms with E-state index in [1.54, 1.807) is 24.3 Å². The van der Waals surface area contributed by atoms with Gasteiger partial charge in [-0.2, -0.15) is 4.98 Å². The van der Waals surface area contributed by atoms with Gasteiger partial charge in [0.05, 0.1) is 43.5 Å². The number of hydrogen-bond donors (Lipinski definition) is 2. The van der Waals surface area contributed by atoms with Crippen molar-refractivity contribution in [2.24, 2.45) is 0 Å². The van der Waals surface area contributed by atoms with Gasteiger partial charge >= 0.3 is 5.97 Å². The summed E-state index contributed by atoms with van der Waals surface area (Å²) in [5, 5.41) is 6.07. The Morgan fingerprint density at radius 1 is 1.13 bits per heavy atom. The van der Waals surface area contributed by atoms with Crippen molar-refractivity contribution in [1.82, 2.24) is 9.97 Å². The summed E-state index contributed by atoms with van der Waals surface area (Å²) < 4.78 is 24.5. The van der Waals surface area contributed by atoms with Gasteiger partial charge < -0.3 is 25.0 Å². The van der Waals surface area contributed by atoms with E-state index in [-0.39, 0.29) is 11.8 Å². The Balaban J connectivity index is 1.56. The third kappa shape index (κ3) is 4.89. The molecule has 0 unspecified atom stereocenters. The van der Waals surface area contributed by atoms with Crippen molar-refractivity contribution in [3.05, 3.63) is 66.1 Å². The number of carbonyl (C=O) groups excluding carboxylic acids is 1. The molecule has 3 aromatic rings. The Hall–Kier alpha value is -3.72. The first-order valence-corrected chi connectivity index (χ1v) is 9.81. The van der Waals surface area contributed by atoms with Gasteiger partial charge in [0.15, 0.2) is 11.6 Å². The van der Waals surface area contributed by atoms with Gasteiger partial charge in [0.25, 0.3) is 0 Å². The number of ether oxygens (including phenoxy) is 2. The third-order valence-corrected chi connectivity index (χ3v) is 4.79. The fraction of sp³-hybridized carbons (Fsp3) is 0.227. The van der Waals surface area contributed by atoms with E-state index in [4.69, 9.17) is 9.47 Å². The number of rotatable bonds is 6. The second-order valence-corrected chi connectivity index (χ2v) is 6.83. The van der Waals surface area contributed by atoms with Crippen molar-refractivity contribution in [1.29, 1.82) is 0 Å². The van der Waals surface area contributed by atoms with Crippen molar-refractivity contribution >= 4 is 34.8 Å². The van der Waals surface area contributed by atoms with E-state index in [9.17, 15) is 9.18 Å². The average Bonchev–Trinajstić information content (AvgIpc) is 2.82. The molecule has 1 fully saturated rings. The van der Waals surface area contributed by atoms with Crippen LogP contribution in [0.4, 0.5) is 33.2 Å². The maximum Gasteiger partial charge on any atom is 0.337 e. The SMILES string of the molecule is COC(=O)c1cccc(Nc2nc(Nc3ccccc3N3CCOCC3)ncc2F)c1. The first-order valence-electron chi connectivity index (χ1n) is 9.81. The zero-order valence-electron chi connectivity index (χ0n) is 17.0. The number of halogens is 1. The second kappa shape index (κ2) is 9.40. The number of hydrogen-bond acceptors (Lipinski definition) is 8. The van der Waals surface area contributed by atoms with E-state index < -0.39 is 11.8 Å². The molecule has 1 aliphatic rings. The maximum absolute atomic E-state index is 14.4. The molecule has 0 atom stereocenters. The largest absolute Gasteiger partial charge is 0.465 e. The molecular formula is C22H22FN5O3. The molecule has 1 aromatic heterocycles. The van der Waals surface area contributed by atoms with Gasteiger partial charge in [0.1, 0.15) is 0 Å². The highest BCUT2D eigenvalue weighted by Gasteiger charge is 2.16. The number of methoxy groups -OCH3 is 1. The molecule has 2 heterocycles. The van der Waals surface area contributed by atoms with Crippen LogP contribution in [-0.4, -0.2) is 49.4 Å². The van der Waals surface area contributed by atoms with Crippen LogP contribution in [0.15, 0.2) is 54.7 Å². The lowest BCUT2D eigenvalue weighted by Gasteiger charge is -2.30. The fourth-order valence-corrected chi connectivity index (χ4v) is 3.27. The van der Waals surface area contributed by atoms with Crippen LogP contribution in [0, 0.1) is 5.82 Å². The Morgan fingerprint density at radius 2 is 1.94 bits per heavy atom. The summed E-state index contributed by atoms with van der Waals surface area (Å²) in [6.45, 7) is 2.90. The van der Waals surface area contributed by atoms with E-state index >= 15 is 0 Å². The molecule has 0 radical (unpaired) electrons. The average molecular weight is 423 g/mol. The minimum Gasteiger partial charge on any atom is -0.465 e. The van der Waals surface area contributed by atoms with Crippen molar-refractivity contribution in [2.45, 2.75) is 0 Å². The predicted octanol–water partition coefficient (Wildman–Crippen LogP) is 3.73. The predicted molar refractivity (Wildman–Crippen MR) is 116 cm³/mol. The summed E-state index contributed by atoms with van der Waals surface area (Å²) >= 11 is 0.